The number of ether oxygens (including phenoxy) is 1. The maximum atomic E-state index is 6.17. The number of rotatable bonds is 6. The van der Waals surface area contributed by atoms with Crippen molar-refractivity contribution in [2.45, 2.75) is 51.3 Å². The van der Waals surface area contributed by atoms with Gasteiger partial charge in [-0.1, -0.05) is 61.2 Å². The van der Waals surface area contributed by atoms with Crippen molar-refractivity contribution in [1.82, 2.24) is 5.32 Å². The SMILES string of the molecule is Clc1ccccc1COc1cccc(CNC2CCCCC2)c1. The highest BCUT2D eigenvalue weighted by molar-refractivity contribution is 6.31. The molecule has 0 saturated heterocycles. The molecule has 1 fully saturated rings. The van der Waals surface area contributed by atoms with E-state index in [1.54, 1.807) is 0 Å². The Labute approximate surface area is 143 Å². The molecule has 0 unspecified atom stereocenters. The molecule has 122 valence electrons. The number of hydrogen-bond donors (Lipinski definition) is 1. The molecule has 2 aromatic carbocycles. The van der Waals surface area contributed by atoms with Crippen LogP contribution >= 0.6 is 11.6 Å². The largest absolute Gasteiger partial charge is 0.489 e. The third-order valence-corrected chi connectivity index (χ3v) is 4.82. The van der Waals surface area contributed by atoms with Crippen LogP contribution < -0.4 is 10.1 Å². The quantitative estimate of drug-likeness (QED) is 0.772. The molecule has 0 bridgehead atoms. The minimum atomic E-state index is 0.499. The normalized spacial score (nSPS) is 15.5. The third kappa shape index (κ3) is 4.98. The van der Waals surface area contributed by atoms with Gasteiger partial charge in [0.25, 0.3) is 0 Å². The minimum absolute atomic E-state index is 0.499. The predicted molar refractivity (Wildman–Crippen MR) is 95.9 cm³/mol. The zero-order chi connectivity index (χ0) is 15.9. The van der Waals surface area contributed by atoms with E-state index in [0.29, 0.717) is 12.6 Å². The number of hydrogen-bond acceptors (Lipinski definition) is 2. The summed E-state index contributed by atoms with van der Waals surface area (Å²) in [5.41, 5.74) is 2.28. The zero-order valence-corrected chi connectivity index (χ0v) is 14.2. The molecule has 3 rings (SSSR count). The highest BCUT2D eigenvalue weighted by atomic mass is 35.5. The van der Waals surface area contributed by atoms with Gasteiger partial charge < -0.3 is 10.1 Å². The van der Waals surface area contributed by atoms with Crippen molar-refractivity contribution in [3.8, 4) is 5.75 Å². The Balaban J connectivity index is 1.53. The smallest absolute Gasteiger partial charge is 0.120 e. The Morgan fingerprint density at radius 3 is 2.65 bits per heavy atom. The van der Waals surface area contributed by atoms with Gasteiger partial charge in [-0.25, -0.2) is 0 Å². The summed E-state index contributed by atoms with van der Waals surface area (Å²) < 4.78 is 5.89. The molecule has 1 saturated carbocycles. The lowest BCUT2D eigenvalue weighted by atomic mass is 9.95. The van der Waals surface area contributed by atoms with E-state index in [0.717, 1.165) is 22.9 Å². The van der Waals surface area contributed by atoms with E-state index >= 15 is 0 Å². The molecule has 2 nitrogen and oxygen atoms in total. The maximum Gasteiger partial charge on any atom is 0.120 e. The fourth-order valence-corrected chi connectivity index (χ4v) is 3.28. The molecular formula is C20H24ClNO. The van der Waals surface area contributed by atoms with Crippen LogP contribution in [0.5, 0.6) is 5.75 Å². The van der Waals surface area contributed by atoms with Gasteiger partial charge in [0.2, 0.25) is 0 Å². The van der Waals surface area contributed by atoms with Gasteiger partial charge in [0.05, 0.1) is 0 Å². The first-order valence-corrected chi connectivity index (χ1v) is 8.87. The molecule has 0 radical (unpaired) electrons. The van der Waals surface area contributed by atoms with Crippen molar-refractivity contribution >= 4 is 11.6 Å². The average Bonchev–Trinajstić information content (AvgIpc) is 2.61. The first-order chi connectivity index (χ1) is 11.3. The zero-order valence-electron chi connectivity index (χ0n) is 13.4. The second-order valence-corrected chi connectivity index (χ2v) is 6.65. The van der Waals surface area contributed by atoms with E-state index in [4.69, 9.17) is 16.3 Å². The summed E-state index contributed by atoms with van der Waals surface area (Å²) in [4.78, 5) is 0. The molecular weight excluding hydrogens is 306 g/mol. The number of halogens is 1. The van der Waals surface area contributed by atoms with Crippen molar-refractivity contribution in [2.24, 2.45) is 0 Å². The Morgan fingerprint density at radius 2 is 1.83 bits per heavy atom. The topological polar surface area (TPSA) is 21.3 Å². The molecule has 0 aromatic heterocycles. The van der Waals surface area contributed by atoms with Crippen molar-refractivity contribution in [3.05, 3.63) is 64.7 Å². The minimum Gasteiger partial charge on any atom is -0.489 e. The van der Waals surface area contributed by atoms with Crippen LogP contribution in [0.15, 0.2) is 48.5 Å². The summed E-state index contributed by atoms with van der Waals surface area (Å²) in [6, 6.07) is 16.8. The molecule has 0 spiro atoms. The first-order valence-electron chi connectivity index (χ1n) is 8.50. The summed E-state index contributed by atoms with van der Waals surface area (Å²) in [6.45, 7) is 1.41. The van der Waals surface area contributed by atoms with E-state index in [2.05, 4.69) is 23.5 Å². The Bertz CT molecular complexity index is 623. The number of nitrogens with one attached hydrogen (secondary N) is 1. The molecule has 1 aliphatic rings. The van der Waals surface area contributed by atoms with Gasteiger partial charge in [-0.3, -0.25) is 0 Å². The van der Waals surface area contributed by atoms with Gasteiger partial charge in [-0.2, -0.15) is 0 Å². The molecule has 1 N–H and O–H groups in total. The van der Waals surface area contributed by atoms with E-state index in [9.17, 15) is 0 Å². The van der Waals surface area contributed by atoms with Crippen LogP contribution in [-0.4, -0.2) is 6.04 Å². The molecule has 23 heavy (non-hydrogen) atoms. The average molecular weight is 330 g/mol. The van der Waals surface area contributed by atoms with Gasteiger partial charge in [-0.05, 0) is 36.6 Å². The summed E-state index contributed by atoms with van der Waals surface area (Å²) in [7, 11) is 0. The monoisotopic (exact) mass is 329 g/mol. The Kier molecular flexibility index (Phi) is 5.95. The fourth-order valence-electron chi connectivity index (χ4n) is 3.09. The first kappa shape index (κ1) is 16.4. The summed E-state index contributed by atoms with van der Waals surface area (Å²) in [5.74, 6) is 0.896. The van der Waals surface area contributed by atoms with Crippen LogP contribution in [0, 0.1) is 0 Å². The van der Waals surface area contributed by atoms with E-state index in [1.165, 1.54) is 37.7 Å². The summed E-state index contributed by atoms with van der Waals surface area (Å²) in [5, 5.41) is 4.42. The molecule has 2 aromatic rings. The lowest BCUT2D eigenvalue weighted by Crippen LogP contribution is -2.30. The Morgan fingerprint density at radius 1 is 1.00 bits per heavy atom. The van der Waals surface area contributed by atoms with Crippen LogP contribution in [0.4, 0.5) is 0 Å². The highest BCUT2D eigenvalue weighted by Crippen LogP contribution is 2.21. The second-order valence-electron chi connectivity index (χ2n) is 6.24. The molecule has 1 aliphatic carbocycles. The molecule has 0 heterocycles. The lowest BCUT2D eigenvalue weighted by molar-refractivity contribution is 0.305. The molecule has 0 amide bonds. The third-order valence-electron chi connectivity index (χ3n) is 4.45. The predicted octanol–water partition coefficient (Wildman–Crippen LogP) is 5.34. The van der Waals surface area contributed by atoms with E-state index in [1.807, 2.05) is 30.3 Å². The summed E-state index contributed by atoms with van der Waals surface area (Å²) in [6.07, 6.45) is 6.73. The molecule has 0 aliphatic heterocycles. The van der Waals surface area contributed by atoms with Crippen LogP contribution in [-0.2, 0) is 13.2 Å². The lowest BCUT2D eigenvalue weighted by Gasteiger charge is -2.23. The van der Waals surface area contributed by atoms with E-state index < -0.39 is 0 Å². The standard InChI is InChI=1S/C20H24ClNO/c21-20-12-5-4-8-17(20)15-23-19-11-6-7-16(13-19)14-22-18-9-2-1-3-10-18/h4-8,11-13,18,22H,1-3,9-10,14-15H2. The number of benzene rings is 2. The highest BCUT2D eigenvalue weighted by Gasteiger charge is 2.12. The molecule has 0 atom stereocenters. The maximum absolute atomic E-state index is 6.17. The van der Waals surface area contributed by atoms with Crippen LogP contribution in [0.1, 0.15) is 43.2 Å². The van der Waals surface area contributed by atoms with Crippen molar-refractivity contribution in [2.75, 3.05) is 0 Å². The Hall–Kier alpha value is -1.51. The van der Waals surface area contributed by atoms with E-state index in [-0.39, 0.29) is 0 Å². The van der Waals surface area contributed by atoms with Gasteiger partial charge >= 0.3 is 0 Å². The second kappa shape index (κ2) is 8.37. The van der Waals surface area contributed by atoms with Crippen LogP contribution in [0.2, 0.25) is 5.02 Å². The fraction of sp³-hybridized carbons (Fsp3) is 0.400. The van der Waals surface area contributed by atoms with Gasteiger partial charge in [0, 0.05) is 23.2 Å². The van der Waals surface area contributed by atoms with Crippen molar-refractivity contribution in [1.29, 1.82) is 0 Å². The summed E-state index contributed by atoms with van der Waals surface area (Å²) >= 11 is 6.17. The van der Waals surface area contributed by atoms with Crippen molar-refractivity contribution < 1.29 is 4.74 Å². The van der Waals surface area contributed by atoms with Gasteiger partial charge in [0.15, 0.2) is 0 Å². The van der Waals surface area contributed by atoms with Gasteiger partial charge in [0.1, 0.15) is 12.4 Å². The van der Waals surface area contributed by atoms with Crippen LogP contribution in [0.25, 0.3) is 0 Å². The van der Waals surface area contributed by atoms with Crippen molar-refractivity contribution in [3.63, 3.8) is 0 Å². The molecule has 3 heteroatoms. The van der Waals surface area contributed by atoms with Gasteiger partial charge in [-0.15, -0.1) is 0 Å². The van der Waals surface area contributed by atoms with Crippen LogP contribution in [0.3, 0.4) is 0 Å².